The Labute approximate surface area is 82.7 Å². The van der Waals surface area contributed by atoms with Crippen LogP contribution in [0.5, 0.6) is 0 Å². The first-order valence-corrected chi connectivity index (χ1v) is 5.57. The molecule has 0 N–H and O–H groups in total. The van der Waals surface area contributed by atoms with Crippen molar-refractivity contribution in [2.45, 2.75) is 40.5 Å². The SMILES string of the molecule is C=C=C1C(C)C(CC)C(C)C1CC. The summed E-state index contributed by atoms with van der Waals surface area (Å²) in [4.78, 5) is 0. The summed E-state index contributed by atoms with van der Waals surface area (Å²) in [6.45, 7) is 13.1. The number of hydrogen-bond acceptors (Lipinski definition) is 0. The van der Waals surface area contributed by atoms with Gasteiger partial charge in [-0.05, 0) is 35.7 Å². The van der Waals surface area contributed by atoms with Gasteiger partial charge in [-0.15, -0.1) is 5.73 Å². The summed E-state index contributed by atoms with van der Waals surface area (Å²) >= 11 is 0. The van der Waals surface area contributed by atoms with E-state index >= 15 is 0 Å². The van der Waals surface area contributed by atoms with Gasteiger partial charge in [-0.1, -0.05) is 40.7 Å². The van der Waals surface area contributed by atoms with Gasteiger partial charge < -0.3 is 0 Å². The van der Waals surface area contributed by atoms with Gasteiger partial charge in [0.1, 0.15) is 0 Å². The van der Waals surface area contributed by atoms with Crippen LogP contribution >= 0.6 is 0 Å². The van der Waals surface area contributed by atoms with Gasteiger partial charge >= 0.3 is 0 Å². The van der Waals surface area contributed by atoms with E-state index in [1.54, 1.807) is 0 Å². The lowest BCUT2D eigenvalue weighted by Crippen LogP contribution is -2.11. The fraction of sp³-hybridized carbons (Fsp3) is 0.769. The average molecular weight is 178 g/mol. The average Bonchev–Trinajstić information content (AvgIpc) is 2.36. The van der Waals surface area contributed by atoms with E-state index in [9.17, 15) is 0 Å². The molecule has 0 aromatic rings. The van der Waals surface area contributed by atoms with Crippen LogP contribution in [0.3, 0.4) is 0 Å². The van der Waals surface area contributed by atoms with Crippen LogP contribution in [0, 0.1) is 23.7 Å². The largest absolute Gasteiger partial charge is 0.129 e. The van der Waals surface area contributed by atoms with Crippen LogP contribution in [-0.2, 0) is 0 Å². The molecular formula is C13H22. The van der Waals surface area contributed by atoms with Crippen molar-refractivity contribution >= 4 is 0 Å². The van der Waals surface area contributed by atoms with Crippen LogP contribution in [0.25, 0.3) is 0 Å². The molecule has 1 aliphatic carbocycles. The first kappa shape index (κ1) is 10.6. The lowest BCUT2D eigenvalue weighted by molar-refractivity contribution is 0.302. The molecule has 0 aromatic carbocycles. The Morgan fingerprint density at radius 2 is 1.85 bits per heavy atom. The van der Waals surface area contributed by atoms with E-state index in [4.69, 9.17) is 0 Å². The van der Waals surface area contributed by atoms with E-state index in [0.29, 0.717) is 5.92 Å². The Hall–Kier alpha value is -0.480. The third-order valence-corrected chi connectivity index (χ3v) is 3.96. The molecule has 0 bridgehead atoms. The third-order valence-electron chi connectivity index (χ3n) is 3.96. The van der Waals surface area contributed by atoms with Crippen LogP contribution in [0.4, 0.5) is 0 Å². The highest BCUT2D eigenvalue weighted by Gasteiger charge is 2.39. The molecule has 0 aromatic heterocycles. The Bertz CT molecular complexity index is 220. The highest BCUT2D eigenvalue weighted by Crippen LogP contribution is 2.47. The van der Waals surface area contributed by atoms with Crippen LogP contribution in [-0.4, -0.2) is 0 Å². The fourth-order valence-corrected chi connectivity index (χ4v) is 3.21. The van der Waals surface area contributed by atoms with E-state index in [0.717, 1.165) is 17.8 Å². The van der Waals surface area contributed by atoms with Gasteiger partial charge in [-0.2, -0.15) is 0 Å². The molecule has 1 rings (SSSR count). The second-order valence-corrected chi connectivity index (χ2v) is 4.37. The number of rotatable bonds is 2. The Balaban J connectivity index is 2.95. The van der Waals surface area contributed by atoms with E-state index in [1.807, 2.05) is 0 Å². The molecule has 0 saturated heterocycles. The van der Waals surface area contributed by atoms with Crippen LogP contribution in [0.1, 0.15) is 40.5 Å². The fourth-order valence-electron chi connectivity index (χ4n) is 3.21. The van der Waals surface area contributed by atoms with Crippen LogP contribution in [0.15, 0.2) is 17.9 Å². The zero-order chi connectivity index (χ0) is 10.0. The molecule has 0 heterocycles. The minimum atomic E-state index is 0.711. The molecule has 0 heteroatoms. The molecule has 0 aliphatic heterocycles. The van der Waals surface area contributed by atoms with E-state index in [1.165, 1.54) is 18.4 Å². The molecule has 74 valence electrons. The lowest BCUT2D eigenvalue weighted by atomic mass is 9.86. The second-order valence-electron chi connectivity index (χ2n) is 4.37. The van der Waals surface area contributed by atoms with Gasteiger partial charge in [-0.25, -0.2) is 0 Å². The molecule has 0 amide bonds. The predicted molar refractivity (Wildman–Crippen MR) is 58.5 cm³/mol. The van der Waals surface area contributed by atoms with E-state index in [2.05, 4.69) is 40.0 Å². The summed E-state index contributed by atoms with van der Waals surface area (Å²) in [6, 6.07) is 0. The molecule has 13 heavy (non-hydrogen) atoms. The monoisotopic (exact) mass is 178 g/mol. The molecule has 0 spiro atoms. The maximum Gasteiger partial charge on any atom is -0.00986 e. The highest BCUT2D eigenvalue weighted by atomic mass is 14.4. The van der Waals surface area contributed by atoms with E-state index < -0.39 is 0 Å². The Morgan fingerprint density at radius 1 is 1.23 bits per heavy atom. The molecule has 4 atom stereocenters. The van der Waals surface area contributed by atoms with Gasteiger partial charge in [0.15, 0.2) is 0 Å². The summed E-state index contributed by atoms with van der Waals surface area (Å²) < 4.78 is 0. The third kappa shape index (κ3) is 1.60. The topological polar surface area (TPSA) is 0 Å². The quantitative estimate of drug-likeness (QED) is 0.560. The second kappa shape index (κ2) is 4.15. The maximum atomic E-state index is 3.83. The molecular weight excluding hydrogens is 156 g/mol. The van der Waals surface area contributed by atoms with Gasteiger partial charge in [0.2, 0.25) is 0 Å². The van der Waals surface area contributed by atoms with Crippen molar-refractivity contribution in [1.82, 2.24) is 0 Å². The van der Waals surface area contributed by atoms with E-state index in [-0.39, 0.29) is 0 Å². The normalized spacial score (nSPS) is 39.2. The molecule has 0 radical (unpaired) electrons. The smallest absolute Gasteiger partial charge is 0.00986 e. The molecule has 4 unspecified atom stereocenters. The van der Waals surface area contributed by atoms with Crippen molar-refractivity contribution in [3.05, 3.63) is 17.9 Å². The molecule has 1 aliphatic rings. The first-order chi connectivity index (χ1) is 6.17. The highest BCUT2D eigenvalue weighted by molar-refractivity contribution is 5.17. The number of hydrogen-bond donors (Lipinski definition) is 0. The van der Waals surface area contributed by atoms with Gasteiger partial charge in [0.25, 0.3) is 0 Å². The van der Waals surface area contributed by atoms with Gasteiger partial charge in [0.05, 0.1) is 0 Å². The predicted octanol–water partition coefficient (Wildman–Crippen LogP) is 4.04. The van der Waals surface area contributed by atoms with Crippen LogP contribution < -0.4 is 0 Å². The standard InChI is InChI=1S/C13H22/c1-6-11-9(4)12(7-2)13(8-3)10(11)5/h9-11,13H,2,6,8H2,1,3-5H3. The zero-order valence-electron chi connectivity index (χ0n) is 9.43. The zero-order valence-corrected chi connectivity index (χ0v) is 9.43. The minimum absolute atomic E-state index is 0.711. The number of allylic oxidation sites excluding steroid dienone is 1. The lowest BCUT2D eigenvalue weighted by Gasteiger charge is -2.18. The maximum absolute atomic E-state index is 3.83. The Kier molecular flexibility index (Phi) is 3.39. The molecule has 1 fully saturated rings. The summed E-state index contributed by atoms with van der Waals surface area (Å²) in [5.74, 6) is 3.14. The van der Waals surface area contributed by atoms with Crippen molar-refractivity contribution in [3.8, 4) is 0 Å². The van der Waals surface area contributed by atoms with Crippen molar-refractivity contribution in [2.24, 2.45) is 23.7 Å². The minimum Gasteiger partial charge on any atom is -0.129 e. The Morgan fingerprint density at radius 3 is 2.15 bits per heavy atom. The van der Waals surface area contributed by atoms with Crippen molar-refractivity contribution < 1.29 is 0 Å². The summed E-state index contributed by atoms with van der Waals surface area (Å²) in [7, 11) is 0. The molecule has 1 saturated carbocycles. The van der Waals surface area contributed by atoms with Crippen molar-refractivity contribution in [1.29, 1.82) is 0 Å². The van der Waals surface area contributed by atoms with Crippen LogP contribution in [0.2, 0.25) is 0 Å². The molecule has 0 nitrogen and oxygen atoms in total. The van der Waals surface area contributed by atoms with Gasteiger partial charge in [0, 0.05) is 0 Å². The first-order valence-electron chi connectivity index (χ1n) is 5.57. The van der Waals surface area contributed by atoms with Crippen molar-refractivity contribution in [2.75, 3.05) is 0 Å². The van der Waals surface area contributed by atoms with Gasteiger partial charge in [-0.3, -0.25) is 0 Å². The summed E-state index contributed by atoms with van der Waals surface area (Å²) in [5.41, 5.74) is 4.66. The summed E-state index contributed by atoms with van der Waals surface area (Å²) in [6.07, 6.45) is 2.55. The van der Waals surface area contributed by atoms with Crippen molar-refractivity contribution in [3.63, 3.8) is 0 Å². The summed E-state index contributed by atoms with van der Waals surface area (Å²) in [5, 5.41) is 0.